The average molecular weight is 1080 g/mol. The van der Waals surface area contributed by atoms with Crippen molar-refractivity contribution >= 4 is 43.2 Å². The first-order valence-corrected chi connectivity index (χ1v) is 28.8. The van der Waals surface area contributed by atoms with Crippen LogP contribution in [0.15, 0.2) is 113 Å². The van der Waals surface area contributed by atoms with E-state index in [1.165, 1.54) is 68.1 Å². The minimum atomic E-state index is -4.17. The summed E-state index contributed by atoms with van der Waals surface area (Å²) in [6.07, 6.45) is 9.88. The number of benzene rings is 4. The Morgan fingerprint density at radius 1 is 0.613 bits per heavy atom. The molecule has 0 saturated carbocycles. The van der Waals surface area contributed by atoms with Crippen LogP contribution in [0.1, 0.15) is 73.1 Å². The molecule has 7 rings (SSSR count). The Balaban J connectivity index is 0.000000233. The maximum Gasteiger partial charge on any atom is 0.263 e. The second-order valence-electron chi connectivity index (χ2n) is 18.5. The number of ether oxygens (including phenoxy) is 2. The van der Waals surface area contributed by atoms with Gasteiger partial charge >= 0.3 is 0 Å². The lowest BCUT2D eigenvalue weighted by molar-refractivity contribution is 0.0944. The van der Waals surface area contributed by atoms with Gasteiger partial charge in [-0.1, -0.05) is 63.1 Å². The highest BCUT2D eigenvalue weighted by Crippen LogP contribution is 2.39. The zero-order chi connectivity index (χ0) is 54.2. The maximum absolute atomic E-state index is 12.9. The fraction of sp³-hybridized carbons (Fsp3) is 0.453. The molecule has 20 nitrogen and oxygen atoms in total. The number of likely N-dealkylation sites (N-methyl/N-ethyl adjacent to an activating group) is 2. The first-order valence-electron chi connectivity index (χ1n) is 25.7. The SMILES string of the molecule is CCCCNc1cc(C(=O)NCCCN2CCN(C)CC2)cc(S(N)(=O)=O)c1Oc1ccccc1.CCCCNc1cc(C(=O)n2ccnc2)cc(S(N)(=O)=O)c1Oc1ccccc1.CN1CCN(CCCN)CC1. The molecule has 0 spiro atoms. The molecule has 2 fully saturated rings. The smallest absolute Gasteiger partial charge is 0.263 e. The molecule has 0 radical (unpaired) electrons. The Morgan fingerprint density at radius 3 is 1.49 bits per heavy atom. The number of unbranched alkanes of at least 4 members (excludes halogenated alkanes) is 2. The van der Waals surface area contributed by atoms with Crippen LogP contribution in [0.5, 0.6) is 23.0 Å². The van der Waals surface area contributed by atoms with E-state index in [1.54, 1.807) is 60.7 Å². The topological polar surface area (TPSA) is 266 Å². The Kier molecular flexibility index (Phi) is 24.4. The molecule has 2 aliphatic rings. The van der Waals surface area contributed by atoms with Crippen LogP contribution in [0.3, 0.4) is 0 Å². The quantitative estimate of drug-likeness (QED) is 0.0441. The van der Waals surface area contributed by atoms with Crippen molar-refractivity contribution in [1.82, 2.24) is 34.5 Å². The van der Waals surface area contributed by atoms with E-state index in [4.69, 9.17) is 25.5 Å². The summed E-state index contributed by atoms with van der Waals surface area (Å²) in [5.41, 5.74) is 6.58. The van der Waals surface area contributed by atoms with Crippen LogP contribution >= 0.6 is 0 Å². The van der Waals surface area contributed by atoms with Crippen LogP contribution in [0.4, 0.5) is 11.4 Å². The second-order valence-corrected chi connectivity index (χ2v) is 21.6. The number of nitrogens with one attached hydrogen (secondary N) is 3. The number of aromatic nitrogens is 2. The fourth-order valence-corrected chi connectivity index (χ4v) is 9.36. The lowest BCUT2D eigenvalue weighted by Gasteiger charge is -2.32. The number of sulfonamides is 2. The summed E-state index contributed by atoms with van der Waals surface area (Å²) in [6, 6.07) is 23.3. The molecule has 1 amide bonds. The fourth-order valence-electron chi connectivity index (χ4n) is 7.96. The number of carbonyl (C=O) groups excluding carboxylic acids is 2. The largest absolute Gasteiger partial charge is 0.454 e. The van der Waals surface area contributed by atoms with Crippen LogP contribution in [-0.2, 0) is 20.0 Å². The predicted molar refractivity (Wildman–Crippen MR) is 296 cm³/mol. The van der Waals surface area contributed by atoms with Crippen LogP contribution in [0.2, 0.25) is 0 Å². The number of primary sulfonamides is 2. The summed E-state index contributed by atoms with van der Waals surface area (Å²) in [6.45, 7) is 17.7. The highest BCUT2D eigenvalue weighted by Gasteiger charge is 2.26. The molecular formula is C53H78N12O8S2. The van der Waals surface area contributed by atoms with Gasteiger partial charge in [-0.3, -0.25) is 14.2 Å². The summed E-state index contributed by atoms with van der Waals surface area (Å²) in [5.74, 6) is 0.273. The van der Waals surface area contributed by atoms with Gasteiger partial charge in [0.2, 0.25) is 20.0 Å². The molecule has 410 valence electrons. The number of hydrogen-bond donors (Lipinski definition) is 6. The monoisotopic (exact) mass is 1070 g/mol. The summed E-state index contributed by atoms with van der Waals surface area (Å²) in [4.78, 5) is 38.6. The van der Waals surface area contributed by atoms with Gasteiger partial charge in [0, 0.05) is 95.5 Å². The Bertz CT molecular complexity index is 2740. The van der Waals surface area contributed by atoms with Gasteiger partial charge in [-0.2, -0.15) is 0 Å². The Morgan fingerprint density at radius 2 is 1.07 bits per heavy atom. The first kappa shape index (κ1) is 59.9. The lowest BCUT2D eigenvalue weighted by atomic mass is 10.1. The van der Waals surface area contributed by atoms with Gasteiger partial charge in [-0.25, -0.2) is 32.1 Å². The van der Waals surface area contributed by atoms with Crippen molar-refractivity contribution in [3.63, 3.8) is 0 Å². The highest BCUT2D eigenvalue weighted by molar-refractivity contribution is 7.89. The minimum absolute atomic E-state index is 0.0528. The Hall–Kier alpha value is -5.95. The molecule has 22 heteroatoms. The van der Waals surface area contributed by atoms with E-state index in [9.17, 15) is 26.4 Å². The molecule has 0 bridgehead atoms. The average Bonchev–Trinajstić information content (AvgIpc) is 3.94. The van der Waals surface area contributed by atoms with Crippen molar-refractivity contribution in [3.8, 4) is 23.0 Å². The number of piperazine rings is 2. The number of amides is 1. The third-order valence-corrected chi connectivity index (χ3v) is 14.2. The molecule has 3 heterocycles. The van der Waals surface area contributed by atoms with E-state index in [2.05, 4.69) is 61.6 Å². The standard InChI is InChI=1S/C25H37N5O4S.C20H22N4O4S.C8H19N3/c1-3-4-11-27-22-18-20(25(31)28-12-8-13-30-16-14-29(2)15-17-30)19-23(35(26,32)33)24(22)34-21-9-6-5-7-10-21;1-2-3-9-23-17-12-15(20(25)24-11-10-22-14-24)13-18(29(21,26)27)19(17)28-16-7-5-4-6-8-16;1-10-5-7-11(8-6-10)4-2-3-9/h5-7,9-10,18-19,27H,3-4,8,11-17H2,1-2H3,(H,28,31)(H2,26,32,33);4-8,10-14,23H,2-3,9H2,1H3,(H2,21,26,27);2-9H2,1H3. The zero-order valence-electron chi connectivity index (χ0n) is 44.0. The third kappa shape index (κ3) is 19.9. The molecule has 0 aliphatic carbocycles. The summed E-state index contributed by atoms with van der Waals surface area (Å²) >= 11 is 0. The van der Waals surface area contributed by atoms with E-state index >= 15 is 0 Å². The molecule has 2 saturated heterocycles. The van der Waals surface area contributed by atoms with Gasteiger partial charge in [-0.05, 0) is 108 Å². The molecule has 75 heavy (non-hydrogen) atoms. The molecule has 4 aromatic carbocycles. The molecular weight excluding hydrogens is 997 g/mol. The van der Waals surface area contributed by atoms with Crippen molar-refractivity contribution in [2.45, 2.75) is 62.2 Å². The van der Waals surface area contributed by atoms with E-state index in [0.717, 1.165) is 77.8 Å². The maximum atomic E-state index is 12.9. The number of nitrogens with two attached hydrogens (primary N) is 3. The van der Waals surface area contributed by atoms with Gasteiger partial charge in [0.05, 0.1) is 11.4 Å². The highest BCUT2D eigenvalue weighted by atomic mass is 32.2. The zero-order valence-corrected chi connectivity index (χ0v) is 45.6. The molecule has 1 aromatic heterocycles. The predicted octanol–water partition coefficient (Wildman–Crippen LogP) is 5.51. The van der Waals surface area contributed by atoms with Gasteiger partial charge < -0.3 is 50.8 Å². The lowest BCUT2D eigenvalue weighted by Crippen LogP contribution is -2.45. The normalized spacial score (nSPS) is 14.7. The van der Waals surface area contributed by atoms with Gasteiger partial charge in [0.25, 0.3) is 11.8 Å². The van der Waals surface area contributed by atoms with E-state index in [0.29, 0.717) is 42.5 Å². The first-order chi connectivity index (χ1) is 36.0. The third-order valence-electron chi connectivity index (χ3n) is 12.4. The van der Waals surface area contributed by atoms with Crippen molar-refractivity contribution in [2.75, 3.05) is 116 Å². The van der Waals surface area contributed by atoms with Crippen molar-refractivity contribution in [2.24, 2.45) is 16.0 Å². The molecule has 0 unspecified atom stereocenters. The van der Waals surface area contributed by atoms with Crippen molar-refractivity contribution in [1.29, 1.82) is 0 Å². The molecule has 2 aliphatic heterocycles. The van der Waals surface area contributed by atoms with Gasteiger partial charge in [0.15, 0.2) is 11.5 Å². The van der Waals surface area contributed by atoms with E-state index in [-0.39, 0.29) is 38.3 Å². The molecule has 5 aromatic rings. The number of hydrogen-bond acceptors (Lipinski definition) is 16. The summed E-state index contributed by atoms with van der Waals surface area (Å²) in [7, 11) is -4.04. The Labute approximate surface area is 444 Å². The van der Waals surface area contributed by atoms with Gasteiger partial charge in [0.1, 0.15) is 27.6 Å². The molecule has 0 atom stereocenters. The van der Waals surface area contributed by atoms with Crippen LogP contribution < -0.4 is 41.4 Å². The summed E-state index contributed by atoms with van der Waals surface area (Å²) in [5, 5.41) is 20.3. The van der Waals surface area contributed by atoms with E-state index < -0.39 is 26.0 Å². The minimum Gasteiger partial charge on any atom is -0.454 e. The van der Waals surface area contributed by atoms with E-state index in [1.807, 2.05) is 19.1 Å². The van der Waals surface area contributed by atoms with Gasteiger partial charge in [-0.15, -0.1) is 0 Å². The van der Waals surface area contributed by atoms with Crippen LogP contribution in [-0.4, -0.2) is 164 Å². The number of anilines is 2. The van der Waals surface area contributed by atoms with Crippen molar-refractivity contribution < 1.29 is 35.9 Å². The summed E-state index contributed by atoms with van der Waals surface area (Å²) < 4.78 is 62.7. The number of imidazole rings is 1. The van der Waals surface area contributed by atoms with Crippen molar-refractivity contribution in [3.05, 3.63) is 115 Å². The van der Waals surface area contributed by atoms with Crippen LogP contribution in [0.25, 0.3) is 0 Å². The number of rotatable bonds is 23. The van der Waals surface area contributed by atoms with Crippen LogP contribution in [0, 0.1) is 0 Å². The second kappa shape index (κ2) is 30.6. The molecule has 9 N–H and O–H groups in total. The number of para-hydroxylation sites is 2. The number of nitrogens with zero attached hydrogens (tertiary/aromatic N) is 6. The number of carbonyl (C=O) groups is 2.